The molecular formula is C14H13ClF3NO2. The van der Waals surface area contributed by atoms with Crippen LogP contribution in [0.1, 0.15) is 19.4 Å². The summed E-state index contributed by atoms with van der Waals surface area (Å²) in [6.07, 6.45) is -5.80. The lowest BCUT2D eigenvalue weighted by atomic mass is 10.00. The van der Waals surface area contributed by atoms with Gasteiger partial charge in [-0.05, 0) is 38.1 Å². The van der Waals surface area contributed by atoms with Gasteiger partial charge in [0.15, 0.2) is 0 Å². The standard InChI is InChI=1S/C14H13ClF3NO2/c1-7(2)19-13(20)10-6-8-5-9(15)3-4-11(8)21-12(10)14(16,17)18/h3-7,12H,1-2H3,(H,19,20). The Morgan fingerprint density at radius 2 is 2.05 bits per heavy atom. The molecule has 1 heterocycles. The van der Waals surface area contributed by atoms with Crippen molar-refractivity contribution in [2.75, 3.05) is 0 Å². The van der Waals surface area contributed by atoms with Crippen LogP contribution in [0.4, 0.5) is 13.2 Å². The molecule has 1 aliphatic rings. The Labute approximate surface area is 124 Å². The van der Waals surface area contributed by atoms with Crippen molar-refractivity contribution in [2.45, 2.75) is 32.2 Å². The summed E-state index contributed by atoms with van der Waals surface area (Å²) in [6, 6.07) is 3.95. The fourth-order valence-electron chi connectivity index (χ4n) is 1.95. The van der Waals surface area contributed by atoms with Crippen LogP contribution >= 0.6 is 11.6 Å². The van der Waals surface area contributed by atoms with Crippen molar-refractivity contribution in [3.8, 4) is 5.75 Å². The molecule has 0 aliphatic carbocycles. The van der Waals surface area contributed by atoms with Crippen LogP contribution in [0.25, 0.3) is 6.08 Å². The Hall–Kier alpha value is -1.69. The summed E-state index contributed by atoms with van der Waals surface area (Å²) in [5.74, 6) is -0.763. The van der Waals surface area contributed by atoms with Gasteiger partial charge in [-0.1, -0.05) is 11.6 Å². The number of fused-ring (bicyclic) bond motifs is 1. The van der Waals surface area contributed by atoms with E-state index in [0.29, 0.717) is 10.6 Å². The number of carbonyl (C=O) groups excluding carboxylic acids is 1. The lowest BCUT2D eigenvalue weighted by Crippen LogP contribution is -2.44. The highest BCUT2D eigenvalue weighted by Gasteiger charge is 2.48. The molecule has 1 aliphatic heterocycles. The van der Waals surface area contributed by atoms with E-state index >= 15 is 0 Å². The lowest BCUT2D eigenvalue weighted by molar-refractivity contribution is -0.185. The van der Waals surface area contributed by atoms with E-state index in [1.807, 2.05) is 0 Å². The van der Waals surface area contributed by atoms with E-state index in [-0.39, 0.29) is 11.8 Å². The Bertz CT molecular complexity index is 596. The van der Waals surface area contributed by atoms with Crippen LogP contribution in [0.3, 0.4) is 0 Å². The summed E-state index contributed by atoms with van der Waals surface area (Å²) in [7, 11) is 0. The Morgan fingerprint density at radius 3 is 2.62 bits per heavy atom. The number of ether oxygens (including phenoxy) is 1. The number of amides is 1. The van der Waals surface area contributed by atoms with Gasteiger partial charge in [-0.2, -0.15) is 13.2 Å². The number of rotatable bonds is 2. The van der Waals surface area contributed by atoms with Gasteiger partial charge in [0.05, 0.1) is 5.57 Å². The van der Waals surface area contributed by atoms with Crippen LogP contribution in [0.2, 0.25) is 5.02 Å². The van der Waals surface area contributed by atoms with Crippen molar-refractivity contribution in [3.05, 3.63) is 34.4 Å². The maximum Gasteiger partial charge on any atom is 0.429 e. The maximum atomic E-state index is 13.1. The molecule has 0 saturated heterocycles. The van der Waals surface area contributed by atoms with E-state index in [0.717, 1.165) is 0 Å². The highest BCUT2D eigenvalue weighted by atomic mass is 35.5. The van der Waals surface area contributed by atoms with Gasteiger partial charge >= 0.3 is 6.18 Å². The van der Waals surface area contributed by atoms with Crippen LogP contribution in [0.5, 0.6) is 5.75 Å². The highest BCUT2D eigenvalue weighted by Crippen LogP contribution is 2.38. The first-order chi connectivity index (χ1) is 9.68. The molecule has 1 unspecified atom stereocenters. The molecule has 0 radical (unpaired) electrons. The van der Waals surface area contributed by atoms with Crippen molar-refractivity contribution in [1.82, 2.24) is 5.32 Å². The van der Waals surface area contributed by atoms with Crippen LogP contribution in [-0.4, -0.2) is 24.2 Å². The van der Waals surface area contributed by atoms with Crippen LogP contribution in [-0.2, 0) is 4.79 Å². The average Bonchev–Trinajstić information content (AvgIpc) is 2.35. The number of hydrogen-bond acceptors (Lipinski definition) is 2. The molecule has 1 atom stereocenters. The second-order valence-corrected chi connectivity index (χ2v) is 5.39. The van der Waals surface area contributed by atoms with Crippen molar-refractivity contribution in [2.24, 2.45) is 0 Å². The molecule has 3 nitrogen and oxygen atoms in total. The zero-order chi connectivity index (χ0) is 15.8. The van der Waals surface area contributed by atoms with E-state index in [2.05, 4.69) is 5.32 Å². The minimum atomic E-state index is -4.68. The largest absolute Gasteiger partial charge is 0.475 e. The van der Waals surface area contributed by atoms with Gasteiger partial charge in [0.25, 0.3) is 5.91 Å². The third-order valence-corrected chi connectivity index (χ3v) is 3.02. The smallest absolute Gasteiger partial charge is 0.429 e. The summed E-state index contributed by atoms with van der Waals surface area (Å²) >= 11 is 5.81. The molecule has 0 fully saturated rings. The van der Waals surface area contributed by atoms with E-state index in [4.69, 9.17) is 16.3 Å². The molecule has 1 amide bonds. The molecule has 1 N–H and O–H groups in total. The molecule has 21 heavy (non-hydrogen) atoms. The zero-order valence-corrected chi connectivity index (χ0v) is 12.0. The van der Waals surface area contributed by atoms with Crippen molar-refractivity contribution in [3.63, 3.8) is 0 Å². The zero-order valence-electron chi connectivity index (χ0n) is 11.3. The third kappa shape index (κ3) is 3.50. The van der Waals surface area contributed by atoms with Gasteiger partial charge in [0, 0.05) is 16.6 Å². The van der Waals surface area contributed by atoms with E-state index in [1.165, 1.54) is 24.3 Å². The number of alkyl halides is 3. The number of halogens is 4. The first-order valence-corrected chi connectivity index (χ1v) is 6.61. The second-order valence-electron chi connectivity index (χ2n) is 4.95. The lowest BCUT2D eigenvalue weighted by Gasteiger charge is -2.28. The molecule has 0 bridgehead atoms. The quantitative estimate of drug-likeness (QED) is 0.905. The van der Waals surface area contributed by atoms with Crippen molar-refractivity contribution < 1.29 is 22.7 Å². The molecule has 1 aromatic rings. The van der Waals surface area contributed by atoms with Gasteiger partial charge in [0.2, 0.25) is 6.10 Å². The van der Waals surface area contributed by atoms with Gasteiger partial charge in [-0.15, -0.1) is 0 Å². The maximum absolute atomic E-state index is 13.1. The van der Waals surface area contributed by atoms with E-state index < -0.39 is 23.8 Å². The molecule has 1 aromatic carbocycles. The van der Waals surface area contributed by atoms with Gasteiger partial charge < -0.3 is 10.1 Å². The van der Waals surface area contributed by atoms with Gasteiger partial charge in [-0.25, -0.2) is 0 Å². The highest BCUT2D eigenvalue weighted by molar-refractivity contribution is 6.30. The summed E-state index contributed by atoms with van der Waals surface area (Å²) < 4.78 is 44.2. The number of hydrogen-bond donors (Lipinski definition) is 1. The summed E-state index contributed by atoms with van der Waals surface area (Å²) in [4.78, 5) is 12.0. The van der Waals surface area contributed by atoms with Crippen LogP contribution < -0.4 is 10.1 Å². The molecule has 2 rings (SSSR count). The Morgan fingerprint density at radius 1 is 1.38 bits per heavy atom. The molecule has 0 aromatic heterocycles. The first-order valence-electron chi connectivity index (χ1n) is 6.24. The molecule has 0 saturated carbocycles. The molecule has 7 heteroatoms. The Balaban J connectivity index is 2.46. The van der Waals surface area contributed by atoms with Gasteiger partial charge in [-0.3, -0.25) is 4.79 Å². The van der Waals surface area contributed by atoms with E-state index in [9.17, 15) is 18.0 Å². The Kier molecular flexibility index (Phi) is 4.18. The predicted octanol–water partition coefficient (Wildman–Crippen LogP) is 3.57. The normalized spacial score (nSPS) is 17.9. The second kappa shape index (κ2) is 5.60. The monoisotopic (exact) mass is 319 g/mol. The summed E-state index contributed by atoms with van der Waals surface area (Å²) in [5, 5.41) is 2.79. The minimum absolute atomic E-state index is 0.0443. The molecular weight excluding hydrogens is 307 g/mol. The SMILES string of the molecule is CC(C)NC(=O)C1=Cc2cc(Cl)ccc2OC1C(F)(F)F. The average molecular weight is 320 g/mol. The first kappa shape index (κ1) is 15.7. The van der Waals surface area contributed by atoms with Crippen molar-refractivity contribution >= 4 is 23.6 Å². The number of nitrogens with one attached hydrogen (secondary N) is 1. The topological polar surface area (TPSA) is 38.3 Å². The fourth-order valence-corrected chi connectivity index (χ4v) is 2.13. The third-order valence-electron chi connectivity index (χ3n) is 2.79. The number of benzene rings is 1. The minimum Gasteiger partial charge on any atom is -0.475 e. The van der Waals surface area contributed by atoms with Gasteiger partial charge in [0.1, 0.15) is 5.75 Å². The summed E-state index contributed by atoms with van der Waals surface area (Å²) in [6.45, 7) is 3.32. The van der Waals surface area contributed by atoms with E-state index in [1.54, 1.807) is 13.8 Å². The fraction of sp³-hybridized carbons (Fsp3) is 0.357. The molecule has 0 spiro atoms. The molecule has 114 valence electrons. The summed E-state index contributed by atoms with van der Waals surface area (Å²) in [5.41, 5.74) is -0.136. The van der Waals surface area contributed by atoms with Crippen LogP contribution in [0.15, 0.2) is 23.8 Å². The number of carbonyl (C=O) groups is 1. The van der Waals surface area contributed by atoms with Crippen molar-refractivity contribution in [1.29, 1.82) is 0 Å². The predicted molar refractivity (Wildman–Crippen MR) is 73.2 cm³/mol. The van der Waals surface area contributed by atoms with Crippen LogP contribution in [0, 0.1) is 0 Å².